The summed E-state index contributed by atoms with van der Waals surface area (Å²) < 4.78 is 17.0. The molecule has 0 amide bonds. The third kappa shape index (κ3) is 66.7. The van der Waals surface area contributed by atoms with Crippen LogP contribution in [0.15, 0.2) is 24.3 Å². The summed E-state index contributed by atoms with van der Waals surface area (Å²) >= 11 is 0. The molecule has 0 bridgehead atoms. The van der Waals surface area contributed by atoms with Crippen LogP contribution in [0.2, 0.25) is 0 Å². The highest BCUT2D eigenvalue weighted by Crippen LogP contribution is 2.19. The molecule has 0 fully saturated rings. The fourth-order valence-electron chi connectivity index (χ4n) is 11.2. The van der Waals surface area contributed by atoms with Crippen LogP contribution in [-0.4, -0.2) is 37.2 Å². The highest BCUT2D eigenvalue weighted by molar-refractivity contribution is 5.71. The molecule has 0 saturated carbocycles. The maximum atomic E-state index is 12.9. The lowest BCUT2D eigenvalue weighted by atomic mass is 10.0. The second-order valence-corrected chi connectivity index (χ2v) is 24.9. The summed E-state index contributed by atoms with van der Waals surface area (Å²) in [6.07, 6.45) is 85.1. The van der Waals surface area contributed by atoms with Gasteiger partial charge in [-0.2, -0.15) is 0 Å². The second kappa shape index (κ2) is 69.4. The number of carbonyl (C=O) groups is 3. The van der Waals surface area contributed by atoms with Gasteiger partial charge in [0.25, 0.3) is 0 Å². The topological polar surface area (TPSA) is 78.9 Å². The summed E-state index contributed by atoms with van der Waals surface area (Å²) in [6, 6.07) is 0. The van der Waals surface area contributed by atoms with Gasteiger partial charge in [0.2, 0.25) is 0 Å². The minimum Gasteiger partial charge on any atom is -0.462 e. The number of allylic oxidation sites excluding steroid dienone is 4. The lowest BCUT2D eigenvalue weighted by Gasteiger charge is -2.18. The SMILES string of the molecule is CCCCCC/C=C\C/C=C\CCCCCCCCCC(=O)OC(COC(=O)CCCCCCCCCCCCCCCC)COC(=O)CCCCCCCCCCCCCCCCCCCCCCCCCCCCCCCC. The van der Waals surface area contributed by atoms with Crippen molar-refractivity contribution in [3.63, 3.8) is 0 Å². The zero-order chi connectivity index (χ0) is 57.8. The van der Waals surface area contributed by atoms with Gasteiger partial charge in [0.15, 0.2) is 6.10 Å². The summed E-state index contributed by atoms with van der Waals surface area (Å²) in [5.74, 6) is -0.843. The Kier molecular flexibility index (Phi) is 67.6. The van der Waals surface area contributed by atoms with Crippen molar-refractivity contribution in [3.05, 3.63) is 24.3 Å². The van der Waals surface area contributed by atoms with Crippen molar-refractivity contribution >= 4 is 17.9 Å². The first-order valence-electron chi connectivity index (χ1n) is 36.3. The predicted octanol–water partition coefficient (Wildman–Crippen LogP) is 25.0. The highest BCUT2D eigenvalue weighted by Gasteiger charge is 2.19. The smallest absolute Gasteiger partial charge is 0.306 e. The van der Waals surface area contributed by atoms with Gasteiger partial charge in [0.05, 0.1) is 0 Å². The molecule has 0 aromatic rings. The Morgan fingerprint density at radius 3 is 0.700 bits per heavy atom. The second-order valence-electron chi connectivity index (χ2n) is 24.9. The molecular formula is C74H140O6. The molecule has 0 saturated heterocycles. The third-order valence-corrected chi connectivity index (χ3v) is 16.7. The van der Waals surface area contributed by atoms with E-state index in [0.29, 0.717) is 19.3 Å². The molecule has 0 heterocycles. The average molecular weight is 1130 g/mol. The van der Waals surface area contributed by atoms with Gasteiger partial charge in [-0.1, -0.05) is 366 Å². The van der Waals surface area contributed by atoms with Crippen LogP contribution in [0.5, 0.6) is 0 Å². The van der Waals surface area contributed by atoms with E-state index in [0.717, 1.165) is 70.6 Å². The first kappa shape index (κ1) is 77.9. The summed E-state index contributed by atoms with van der Waals surface area (Å²) in [4.78, 5) is 38.4. The van der Waals surface area contributed by atoms with Crippen molar-refractivity contribution < 1.29 is 28.6 Å². The van der Waals surface area contributed by atoms with Crippen molar-refractivity contribution in [1.29, 1.82) is 0 Å². The minimum atomic E-state index is -0.772. The first-order valence-corrected chi connectivity index (χ1v) is 36.3. The van der Waals surface area contributed by atoms with Gasteiger partial charge in [-0.05, 0) is 51.4 Å². The molecule has 0 aliphatic heterocycles. The van der Waals surface area contributed by atoms with Gasteiger partial charge in [-0.3, -0.25) is 14.4 Å². The molecule has 0 aliphatic rings. The Balaban J connectivity index is 4.16. The van der Waals surface area contributed by atoms with Crippen LogP contribution in [0, 0.1) is 0 Å². The zero-order valence-corrected chi connectivity index (χ0v) is 54.4. The van der Waals surface area contributed by atoms with E-state index in [9.17, 15) is 14.4 Å². The molecule has 0 N–H and O–H groups in total. The summed E-state index contributed by atoms with van der Waals surface area (Å²) in [6.45, 7) is 6.70. The van der Waals surface area contributed by atoms with Crippen LogP contribution >= 0.6 is 0 Å². The van der Waals surface area contributed by atoms with Crippen molar-refractivity contribution in [2.45, 2.75) is 419 Å². The Bertz CT molecular complexity index is 1290. The van der Waals surface area contributed by atoms with Crippen molar-refractivity contribution in [2.24, 2.45) is 0 Å². The molecule has 472 valence electrons. The largest absolute Gasteiger partial charge is 0.462 e. The molecule has 6 heteroatoms. The Labute approximate surface area is 500 Å². The number of hydrogen-bond donors (Lipinski definition) is 0. The summed E-state index contributed by atoms with van der Waals surface area (Å²) in [7, 11) is 0. The Morgan fingerprint density at radius 1 is 0.250 bits per heavy atom. The molecule has 0 rings (SSSR count). The number of esters is 3. The lowest BCUT2D eigenvalue weighted by Crippen LogP contribution is -2.30. The monoisotopic (exact) mass is 1130 g/mol. The molecule has 1 atom stereocenters. The molecule has 0 aromatic heterocycles. The summed E-state index contributed by atoms with van der Waals surface area (Å²) in [5, 5.41) is 0. The van der Waals surface area contributed by atoms with E-state index in [-0.39, 0.29) is 31.1 Å². The van der Waals surface area contributed by atoms with Gasteiger partial charge in [0, 0.05) is 19.3 Å². The third-order valence-electron chi connectivity index (χ3n) is 16.7. The van der Waals surface area contributed by atoms with Crippen molar-refractivity contribution in [1.82, 2.24) is 0 Å². The van der Waals surface area contributed by atoms with Crippen LogP contribution in [0.3, 0.4) is 0 Å². The van der Waals surface area contributed by atoms with E-state index >= 15 is 0 Å². The van der Waals surface area contributed by atoms with E-state index in [1.807, 2.05) is 0 Å². The number of rotatable bonds is 68. The number of hydrogen-bond acceptors (Lipinski definition) is 6. The standard InChI is InChI=1S/C74H140O6/c1-4-7-10-13-16-19-22-25-28-30-32-33-34-35-36-37-38-39-40-41-42-43-45-46-49-52-55-58-61-64-67-73(76)79-70-71(69-78-72(75)66-63-60-57-54-51-48-27-24-21-18-15-12-9-6-3)80-74(77)68-65-62-59-56-53-50-47-44-31-29-26-23-20-17-14-11-8-5-2/h20,23,29,31,71H,4-19,21-22,24-28,30,32-70H2,1-3H3/b23-20-,31-29-. The molecule has 0 spiro atoms. The van der Waals surface area contributed by atoms with Crippen LogP contribution in [0.4, 0.5) is 0 Å². The molecule has 1 unspecified atom stereocenters. The predicted molar refractivity (Wildman–Crippen MR) is 349 cm³/mol. The number of ether oxygens (including phenoxy) is 3. The molecular weight excluding hydrogens is 985 g/mol. The molecule has 0 aliphatic carbocycles. The first-order chi connectivity index (χ1) is 39.5. The molecule has 80 heavy (non-hydrogen) atoms. The molecule has 0 radical (unpaired) electrons. The van der Waals surface area contributed by atoms with E-state index in [1.165, 1.54) is 302 Å². The average Bonchev–Trinajstić information content (AvgIpc) is 3.46. The summed E-state index contributed by atoms with van der Waals surface area (Å²) in [5.41, 5.74) is 0. The van der Waals surface area contributed by atoms with Crippen LogP contribution in [0.25, 0.3) is 0 Å². The van der Waals surface area contributed by atoms with Crippen LogP contribution in [0.1, 0.15) is 412 Å². The number of unbranched alkanes of at least 4 members (excludes halogenated alkanes) is 53. The van der Waals surface area contributed by atoms with E-state index in [4.69, 9.17) is 14.2 Å². The van der Waals surface area contributed by atoms with Crippen LogP contribution in [-0.2, 0) is 28.6 Å². The lowest BCUT2D eigenvalue weighted by molar-refractivity contribution is -0.167. The van der Waals surface area contributed by atoms with Gasteiger partial charge in [-0.25, -0.2) is 0 Å². The van der Waals surface area contributed by atoms with Crippen LogP contribution < -0.4 is 0 Å². The highest BCUT2D eigenvalue weighted by atomic mass is 16.6. The number of carbonyl (C=O) groups excluding carboxylic acids is 3. The fourth-order valence-corrected chi connectivity index (χ4v) is 11.2. The van der Waals surface area contributed by atoms with E-state index in [2.05, 4.69) is 45.1 Å². The van der Waals surface area contributed by atoms with Gasteiger partial charge in [-0.15, -0.1) is 0 Å². The Morgan fingerprint density at radius 2 is 0.450 bits per heavy atom. The zero-order valence-electron chi connectivity index (χ0n) is 54.4. The maximum absolute atomic E-state index is 12.9. The molecule has 6 nitrogen and oxygen atoms in total. The van der Waals surface area contributed by atoms with E-state index < -0.39 is 6.10 Å². The van der Waals surface area contributed by atoms with Crippen molar-refractivity contribution in [3.8, 4) is 0 Å². The Hall–Kier alpha value is -2.11. The van der Waals surface area contributed by atoms with Crippen molar-refractivity contribution in [2.75, 3.05) is 13.2 Å². The van der Waals surface area contributed by atoms with E-state index in [1.54, 1.807) is 0 Å². The molecule has 0 aromatic carbocycles. The quantitative estimate of drug-likeness (QED) is 0.0261. The van der Waals surface area contributed by atoms with Gasteiger partial charge in [0.1, 0.15) is 13.2 Å². The fraction of sp³-hybridized carbons (Fsp3) is 0.905. The van der Waals surface area contributed by atoms with Gasteiger partial charge >= 0.3 is 17.9 Å². The minimum absolute atomic E-state index is 0.0681. The normalized spacial score (nSPS) is 12.1. The van der Waals surface area contributed by atoms with Gasteiger partial charge < -0.3 is 14.2 Å². The maximum Gasteiger partial charge on any atom is 0.306 e.